The van der Waals surface area contributed by atoms with Crippen molar-refractivity contribution < 1.29 is 9.59 Å². The SMILES string of the molecule is C[C@H]1CN(C(=O)c2ccc(C#N)cc2)CCN1C(=O)c1ccc(C#N)cc1. The van der Waals surface area contributed by atoms with Gasteiger partial charge in [0.15, 0.2) is 0 Å². The molecule has 1 heterocycles. The van der Waals surface area contributed by atoms with Gasteiger partial charge in [-0.15, -0.1) is 0 Å². The molecule has 0 radical (unpaired) electrons. The highest BCUT2D eigenvalue weighted by Crippen LogP contribution is 2.17. The molecule has 0 unspecified atom stereocenters. The first-order valence-electron chi connectivity index (χ1n) is 8.64. The van der Waals surface area contributed by atoms with Crippen molar-refractivity contribution >= 4 is 11.8 Å². The molecule has 0 N–H and O–H groups in total. The summed E-state index contributed by atoms with van der Waals surface area (Å²) in [6.07, 6.45) is 0. The van der Waals surface area contributed by atoms with Gasteiger partial charge in [0.05, 0.1) is 23.3 Å². The van der Waals surface area contributed by atoms with E-state index in [1.165, 1.54) is 0 Å². The molecular weight excluding hydrogens is 340 g/mol. The fraction of sp³-hybridized carbons (Fsp3) is 0.238. The van der Waals surface area contributed by atoms with E-state index in [0.29, 0.717) is 41.9 Å². The van der Waals surface area contributed by atoms with Crippen LogP contribution in [0.3, 0.4) is 0 Å². The monoisotopic (exact) mass is 358 g/mol. The third kappa shape index (κ3) is 3.80. The minimum absolute atomic E-state index is 0.0996. The van der Waals surface area contributed by atoms with Crippen molar-refractivity contribution in [1.82, 2.24) is 9.80 Å². The molecule has 3 rings (SSSR count). The summed E-state index contributed by atoms with van der Waals surface area (Å²) in [5, 5.41) is 17.7. The topological polar surface area (TPSA) is 88.2 Å². The number of benzene rings is 2. The second kappa shape index (κ2) is 7.72. The van der Waals surface area contributed by atoms with Crippen LogP contribution in [0.25, 0.3) is 0 Å². The number of piperazine rings is 1. The fourth-order valence-electron chi connectivity index (χ4n) is 3.17. The Kier molecular flexibility index (Phi) is 5.19. The molecular formula is C21H18N4O2. The Morgan fingerprint density at radius 2 is 1.33 bits per heavy atom. The van der Waals surface area contributed by atoms with Crippen LogP contribution in [-0.4, -0.2) is 47.3 Å². The summed E-state index contributed by atoms with van der Waals surface area (Å²) < 4.78 is 0. The molecule has 134 valence electrons. The Hall–Kier alpha value is -3.64. The van der Waals surface area contributed by atoms with Crippen molar-refractivity contribution in [3.05, 3.63) is 70.8 Å². The zero-order valence-corrected chi connectivity index (χ0v) is 14.9. The summed E-state index contributed by atoms with van der Waals surface area (Å²) in [5.41, 5.74) is 2.09. The van der Waals surface area contributed by atoms with Crippen molar-refractivity contribution in [1.29, 1.82) is 10.5 Å². The maximum Gasteiger partial charge on any atom is 0.254 e. The van der Waals surface area contributed by atoms with E-state index in [0.717, 1.165) is 0 Å². The molecule has 1 saturated heterocycles. The van der Waals surface area contributed by atoms with E-state index in [1.54, 1.807) is 58.3 Å². The normalized spacial score (nSPS) is 16.3. The molecule has 1 fully saturated rings. The van der Waals surface area contributed by atoms with E-state index in [4.69, 9.17) is 10.5 Å². The van der Waals surface area contributed by atoms with Gasteiger partial charge >= 0.3 is 0 Å². The van der Waals surface area contributed by atoms with Crippen molar-refractivity contribution in [2.75, 3.05) is 19.6 Å². The minimum atomic E-state index is -0.121. The molecule has 1 aliphatic rings. The zero-order chi connectivity index (χ0) is 19.4. The molecule has 2 aromatic rings. The standard InChI is InChI=1S/C21H18N4O2/c1-15-14-24(20(26)18-6-2-16(12-22)3-7-18)10-11-25(15)21(27)19-8-4-17(13-23)5-9-19/h2-9,15H,10-11,14H2,1H3/t15-/m0/s1. The summed E-state index contributed by atoms with van der Waals surface area (Å²) in [5.74, 6) is -0.200. The predicted octanol–water partition coefficient (Wildman–Crippen LogP) is 2.42. The van der Waals surface area contributed by atoms with Crippen LogP contribution in [0.15, 0.2) is 48.5 Å². The predicted molar refractivity (Wildman–Crippen MR) is 98.7 cm³/mol. The lowest BCUT2D eigenvalue weighted by molar-refractivity contribution is 0.0414. The number of carbonyl (C=O) groups is 2. The molecule has 2 aromatic carbocycles. The fourth-order valence-corrected chi connectivity index (χ4v) is 3.17. The quantitative estimate of drug-likeness (QED) is 0.825. The van der Waals surface area contributed by atoms with Crippen LogP contribution >= 0.6 is 0 Å². The average Bonchev–Trinajstić information content (AvgIpc) is 2.72. The van der Waals surface area contributed by atoms with Crippen LogP contribution in [0.2, 0.25) is 0 Å². The van der Waals surface area contributed by atoms with Crippen LogP contribution in [0, 0.1) is 22.7 Å². The Balaban J connectivity index is 1.67. The number of rotatable bonds is 2. The van der Waals surface area contributed by atoms with Crippen molar-refractivity contribution in [2.24, 2.45) is 0 Å². The lowest BCUT2D eigenvalue weighted by Crippen LogP contribution is -2.55. The average molecular weight is 358 g/mol. The Labute approximate surface area is 157 Å². The van der Waals surface area contributed by atoms with Crippen LogP contribution < -0.4 is 0 Å². The first kappa shape index (κ1) is 18.2. The van der Waals surface area contributed by atoms with E-state index in [1.807, 2.05) is 19.1 Å². The van der Waals surface area contributed by atoms with Gasteiger partial charge in [-0.1, -0.05) is 0 Å². The third-order valence-corrected chi connectivity index (χ3v) is 4.70. The molecule has 27 heavy (non-hydrogen) atoms. The molecule has 1 atom stereocenters. The van der Waals surface area contributed by atoms with Gasteiger partial charge in [0, 0.05) is 36.8 Å². The molecule has 6 heteroatoms. The lowest BCUT2D eigenvalue weighted by atomic mass is 10.1. The smallest absolute Gasteiger partial charge is 0.254 e. The number of nitriles is 2. The van der Waals surface area contributed by atoms with E-state index in [9.17, 15) is 9.59 Å². The van der Waals surface area contributed by atoms with E-state index >= 15 is 0 Å². The zero-order valence-electron chi connectivity index (χ0n) is 14.9. The van der Waals surface area contributed by atoms with Gasteiger partial charge in [-0.25, -0.2) is 0 Å². The van der Waals surface area contributed by atoms with Crippen LogP contribution in [-0.2, 0) is 0 Å². The highest BCUT2D eigenvalue weighted by atomic mass is 16.2. The van der Waals surface area contributed by atoms with Crippen molar-refractivity contribution in [3.63, 3.8) is 0 Å². The second-order valence-electron chi connectivity index (χ2n) is 6.48. The largest absolute Gasteiger partial charge is 0.335 e. The van der Waals surface area contributed by atoms with Gasteiger partial charge in [0.1, 0.15) is 0 Å². The van der Waals surface area contributed by atoms with Crippen LogP contribution in [0.5, 0.6) is 0 Å². The van der Waals surface area contributed by atoms with E-state index < -0.39 is 0 Å². The number of carbonyl (C=O) groups excluding carboxylic acids is 2. The van der Waals surface area contributed by atoms with E-state index in [-0.39, 0.29) is 17.9 Å². The summed E-state index contributed by atoms with van der Waals surface area (Å²) in [4.78, 5) is 28.9. The number of nitrogens with zero attached hydrogens (tertiary/aromatic N) is 4. The van der Waals surface area contributed by atoms with Gasteiger partial charge in [-0.05, 0) is 55.5 Å². The summed E-state index contributed by atoms with van der Waals surface area (Å²) >= 11 is 0. The van der Waals surface area contributed by atoms with Crippen molar-refractivity contribution in [2.45, 2.75) is 13.0 Å². The van der Waals surface area contributed by atoms with Crippen LogP contribution in [0.1, 0.15) is 38.8 Å². The first-order valence-corrected chi connectivity index (χ1v) is 8.64. The van der Waals surface area contributed by atoms with Crippen LogP contribution in [0.4, 0.5) is 0 Å². The van der Waals surface area contributed by atoms with Crippen molar-refractivity contribution in [3.8, 4) is 12.1 Å². The summed E-state index contributed by atoms with van der Waals surface area (Å²) in [7, 11) is 0. The van der Waals surface area contributed by atoms with Gasteiger partial charge in [-0.3, -0.25) is 9.59 Å². The number of amides is 2. The van der Waals surface area contributed by atoms with E-state index in [2.05, 4.69) is 0 Å². The molecule has 0 spiro atoms. The maximum atomic E-state index is 12.7. The molecule has 1 aliphatic heterocycles. The number of hydrogen-bond acceptors (Lipinski definition) is 4. The lowest BCUT2D eigenvalue weighted by Gasteiger charge is -2.40. The first-order chi connectivity index (χ1) is 13.0. The molecule has 0 aliphatic carbocycles. The molecule has 2 amide bonds. The maximum absolute atomic E-state index is 12.7. The Morgan fingerprint density at radius 3 is 1.78 bits per heavy atom. The summed E-state index contributed by atoms with van der Waals surface area (Å²) in [6, 6.07) is 17.1. The van der Waals surface area contributed by atoms with Gasteiger partial charge in [0.25, 0.3) is 11.8 Å². The third-order valence-electron chi connectivity index (χ3n) is 4.70. The van der Waals surface area contributed by atoms with Gasteiger partial charge < -0.3 is 9.80 Å². The Bertz CT molecular complexity index is 936. The second-order valence-corrected chi connectivity index (χ2v) is 6.48. The highest BCUT2D eigenvalue weighted by molar-refractivity contribution is 5.96. The van der Waals surface area contributed by atoms with Gasteiger partial charge in [-0.2, -0.15) is 10.5 Å². The number of hydrogen-bond donors (Lipinski definition) is 0. The molecule has 0 saturated carbocycles. The highest BCUT2D eigenvalue weighted by Gasteiger charge is 2.30. The summed E-state index contributed by atoms with van der Waals surface area (Å²) in [6.45, 7) is 3.26. The molecule has 0 aromatic heterocycles. The Morgan fingerprint density at radius 1 is 0.852 bits per heavy atom. The minimum Gasteiger partial charge on any atom is -0.335 e. The van der Waals surface area contributed by atoms with Gasteiger partial charge in [0.2, 0.25) is 0 Å². The molecule has 0 bridgehead atoms. The molecule has 6 nitrogen and oxygen atoms in total.